The van der Waals surface area contributed by atoms with Gasteiger partial charge in [0, 0.05) is 9.11 Å². The van der Waals surface area contributed by atoms with Crippen LogP contribution in [0.15, 0.2) is 24.3 Å². The molecule has 1 aromatic carbocycles. The van der Waals surface area contributed by atoms with Crippen molar-refractivity contribution in [3.05, 3.63) is 33.4 Å². The molecule has 1 saturated carbocycles. The SMILES string of the molecule is NC1(c2ccccc2I)CCC1. The molecule has 1 aromatic rings. The molecule has 0 spiro atoms. The molecule has 1 fully saturated rings. The predicted octanol–water partition coefficient (Wildman–Crippen LogP) is 2.63. The first-order valence-electron chi connectivity index (χ1n) is 4.26. The molecule has 0 bridgehead atoms. The largest absolute Gasteiger partial charge is 0.321 e. The van der Waals surface area contributed by atoms with E-state index in [1.54, 1.807) is 0 Å². The van der Waals surface area contributed by atoms with Gasteiger partial charge >= 0.3 is 0 Å². The zero-order chi connectivity index (χ0) is 8.60. The van der Waals surface area contributed by atoms with Gasteiger partial charge in [-0.15, -0.1) is 0 Å². The minimum absolute atomic E-state index is 0.00220. The maximum absolute atomic E-state index is 6.22. The fourth-order valence-corrected chi connectivity index (χ4v) is 2.62. The van der Waals surface area contributed by atoms with Crippen LogP contribution in [0.25, 0.3) is 0 Å². The van der Waals surface area contributed by atoms with Crippen LogP contribution >= 0.6 is 22.6 Å². The van der Waals surface area contributed by atoms with Gasteiger partial charge in [-0.2, -0.15) is 0 Å². The van der Waals surface area contributed by atoms with Gasteiger partial charge in [0.2, 0.25) is 0 Å². The van der Waals surface area contributed by atoms with E-state index in [1.807, 2.05) is 0 Å². The predicted molar refractivity (Wildman–Crippen MR) is 58.9 cm³/mol. The molecule has 0 aliphatic heterocycles. The van der Waals surface area contributed by atoms with Gasteiger partial charge in [0.25, 0.3) is 0 Å². The molecule has 2 N–H and O–H groups in total. The van der Waals surface area contributed by atoms with Gasteiger partial charge in [0.15, 0.2) is 0 Å². The van der Waals surface area contributed by atoms with Crippen molar-refractivity contribution >= 4 is 22.6 Å². The molecule has 0 saturated heterocycles. The van der Waals surface area contributed by atoms with E-state index >= 15 is 0 Å². The molecule has 0 amide bonds. The fraction of sp³-hybridized carbons (Fsp3) is 0.400. The molecule has 2 rings (SSSR count). The second kappa shape index (κ2) is 3.00. The van der Waals surface area contributed by atoms with Crippen LogP contribution in [0.3, 0.4) is 0 Å². The Morgan fingerprint density at radius 3 is 2.42 bits per heavy atom. The Kier molecular flexibility index (Phi) is 2.12. The van der Waals surface area contributed by atoms with Crippen LogP contribution in [0.5, 0.6) is 0 Å². The third-order valence-corrected chi connectivity index (χ3v) is 3.60. The summed E-state index contributed by atoms with van der Waals surface area (Å²) in [5.74, 6) is 0. The Morgan fingerprint density at radius 1 is 1.25 bits per heavy atom. The van der Waals surface area contributed by atoms with Crippen molar-refractivity contribution in [2.75, 3.05) is 0 Å². The Morgan fingerprint density at radius 2 is 1.92 bits per heavy atom. The molecule has 0 unspecified atom stereocenters. The van der Waals surface area contributed by atoms with E-state index in [1.165, 1.54) is 15.6 Å². The van der Waals surface area contributed by atoms with E-state index in [9.17, 15) is 0 Å². The number of nitrogens with two attached hydrogens (primary N) is 1. The zero-order valence-electron chi connectivity index (χ0n) is 6.89. The Balaban J connectivity index is 2.39. The summed E-state index contributed by atoms with van der Waals surface area (Å²) in [4.78, 5) is 0. The summed E-state index contributed by atoms with van der Waals surface area (Å²) in [6.07, 6.45) is 3.57. The van der Waals surface area contributed by atoms with E-state index in [0.717, 1.165) is 12.8 Å². The molecule has 0 aromatic heterocycles. The van der Waals surface area contributed by atoms with Gasteiger partial charge in [0.05, 0.1) is 0 Å². The summed E-state index contributed by atoms with van der Waals surface area (Å²) in [7, 11) is 0. The lowest BCUT2D eigenvalue weighted by Gasteiger charge is -2.39. The second-order valence-electron chi connectivity index (χ2n) is 3.49. The standard InChI is InChI=1S/C10H12IN/c11-9-5-2-1-4-8(9)10(12)6-3-7-10/h1-2,4-5H,3,6-7,12H2. The van der Waals surface area contributed by atoms with Gasteiger partial charge in [-0.1, -0.05) is 18.2 Å². The van der Waals surface area contributed by atoms with E-state index < -0.39 is 0 Å². The van der Waals surface area contributed by atoms with Crippen molar-refractivity contribution in [1.29, 1.82) is 0 Å². The highest BCUT2D eigenvalue weighted by molar-refractivity contribution is 14.1. The molecular weight excluding hydrogens is 261 g/mol. The van der Waals surface area contributed by atoms with E-state index in [-0.39, 0.29) is 5.54 Å². The first-order valence-corrected chi connectivity index (χ1v) is 5.34. The lowest BCUT2D eigenvalue weighted by atomic mass is 9.73. The maximum Gasteiger partial charge on any atom is 0.0420 e. The number of benzene rings is 1. The zero-order valence-corrected chi connectivity index (χ0v) is 9.04. The van der Waals surface area contributed by atoms with Crippen LogP contribution < -0.4 is 5.73 Å². The minimum atomic E-state index is -0.00220. The molecule has 1 nitrogen and oxygen atoms in total. The molecule has 2 heteroatoms. The second-order valence-corrected chi connectivity index (χ2v) is 4.65. The van der Waals surface area contributed by atoms with Crippen molar-refractivity contribution in [1.82, 2.24) is 0 Å². The Bertz CT molecular complexity index is 292. The molecule has 1 aliphatic carbocycles. The maximum atomic E-state index is 6.22. The normalized spacial score (nSPS) is 20.2. The summed E-state index contributed by atoms with van der Waals surface area (Å²) in [5, 5.41) is 0. The van der Waals surface area contributed by atoms with Crippen molar-refractivity contribution in [2.24, 2.45) is 5.73 Å². The molecule has 64 valence electrons. The number of hydrogen-bond donors (Lipinski definition) is 1. The Labute approximate surface area is 86.5 Å². The van der Waals surface area contributed by atoms with Gasteiger partial charge < -0.3 is 5.73 Å². The van der Waals surface area contributed by atoms with Crippen molar-refractivity contribution in [3.63, 3.8) is 0 Å². The summed E-state index contributed by atoms with van der Waals surface area (Å²) in [5.41, 5.74) is 7.55. The third-order valence-electron chi connectivity index (χ3n) is 2.66. The lowest BCUT2D eigenvalue weighted by molar-refractivity contribution is 0.252. The minimum Gasteiger partial charge on any atom is -0.321 e. The van der Waals surface area contributed by atoms with Gasteiger partial charge in [-0.3, -0.25) is 0 Å². The number of halogens is 1. The van der Waals surface area contributed by atoms with Gasteiger partial charge in [-0.25, -0.2) is 0 Å². The highest BCUT2D eigenvalue weighted by atomic mass is 127. The van der Waals surface area contributed by atoms with Gasteiger partial charge in [-0.05, 0) is 53.5 Å². The topological polar surface area (TPSA) is 26.0 Å². The lowest BCUT2D eigenvalue weighted by Crippen LogP contribution is -2.43. The van der Waals surface area contributed by atoms with Crippen LogP contribution in [0, 0.1) is 3.57 Å². The number of hydrogen-bond acceptors (Lipinski definition) is 1. The molecule has 0 radical (unpaired) electrons. The van der Waals surface area contributed by atoms with Crippen molar-refractivity contribution in [3.8, 4) is 0 Å². The fourth-order valence-electron chi connectivity index (χ4n) is 1.69. The van der Waals surface area contributed by atoms with Gasteiger partial charge in [0.1, 0.15) is 0 Å². The van der Waals surface area contributed by atoms with Crippen LogP contribution in [0.1, 0.15) is 24.8 Å². The first-order chi connectivity index (χ1) is 5.72. The summed E-state index contributed by atoms with van der Waals surface area (Å²) in [6, 6.07) is 8.42. The Hall–Kier alpha value is -0.0900. The molecule has 12 heavy (non-hydrogen) atoms. The van der Waals surface area contributed by atoms with Crippen LogP contribution in [-0.4, -0.2) is 0 Å². The highest BCUT2D eigenvalue weighted by Crippen LogP contribution is 2.40. The molecular formula is C10H12IN. The van der Waals surface area contributed by atoms with Crippen LogP contribution in [-0.2, 0) is 5.54 Å². The smallest absolute Gasteiger partial charge is 0.0420 e. The summed E-state index contributed by atoms with van der Waals surface area (Å²) in [6.45, 7) is 0. The molecule has 0 atom stereocenters. The van der Waals surface area contributed by atoms with Crippen LogP contribution in [0.2, 0.25) is 0 Å². The van der Waals surface area contributed by atoms with Crippen LogP contribution in [0.4, 0.5) is 0 Å². The highest BCUT2D eigenvalue weighted by Gasteiger charge is 2.35. The van der Waals surface area contributed by atoms with Crippen molar-refractivity contribution < 1.29 is 0 Å². The average molecular weight is 273 g/mol. The average Bonchev–Trinajstić information content (AvgIpc) is 2.01. The summed E-state index contributed by atoms with van der Waals surface area (Å²) >= 11 is 2.36. The summed E-state index contributed by atoms with van der Waals surface area (Å²) < 4.78 is 1.30. The third kappa shape index (κ3) is 1.27. The van der Waals surface area contributed by atoms with E-state index in [0.29, 0.717) is 0 Å². The molecule has 0 heterocycles. The molecule has 1 aliphatic rings. The van der Waals surface area contributed by atoms with E-state index in [2.05, 4.69) is 46.9 Å². The van der Waals surface area contributed by atoms with E-state index in [4.69, 9.17) is 5.73 Å². The first kappa shape index (κ1) is 8.51. The van der Waals surface area contributed by atoms with Crippen molar-refractivity contribution in [2.45, 2.75) is 24.8 Å². The number of rotatable bonds is 1. The monoisotopic (exact) mass is 273 g/mol. The quantitative estimate of drug-likeness (QED) is 0.782.